The molecule has 1 atom stereocenters. The third kappa shape index (κ3) is 6.15. The van der Waals surface area contributed by atoms with Gasteiger partial charge < -0.3 is 19.5 Å². The van der Waals surface area contributed by atoms with E-state index in [1.165, 1.54) is 12.0 Å². The first kappa shape index (κ1) is 26.7. The first-order chi connectivity index (χ1) is 17.8. The third-order valence-corrected chi connectivity index (χ3v) is 6.80. The lowest BCUT2D eigenvalue weighted by Crippen LogP contribution is -2.35. The zero-order chi connectivity index (χ0) is 26.5. The van der Waals surface area contributed by atoms with Crippen LogP contribution in [0.1, 0.15) is 25.3 Å². The molecule has 194 valence electrons. The first-order valence-electron chi connectivity index (χ1n) is 11.7. The number of anilines is 1. The molecular formula is C27H26Cl2N2O6. The van der Waals surface area contributed by atoms with Gasteiger partial charge >= 0.3 is 5.97 Å². The van der Waals surface area contributed by atoms with Gasteiger partial charge in [-0.05, 0) is 61.7 Å². The highest BCUT2D eigenvalue weighted by molar-refractivity contribution is 6.42. The zero-order valence-corrected chi connectivity index (χ0v) is 21.9. The van der Waals surface area contributed by atoms with Crippen molar-refractivity contribution in [1.82, 2.24) is 5.32 Å². The molecule has 1 saturated heterocycles. The van der Waals surface area contributed by atoms with Gasteiger partial charge in [0.25, 0.3) is 11.8 Å². The summed E-state index contributed by atoms with van der Waals surface area (Å²) in [5, 5.41) is 3.44. The number of carbonyl (C=O) groups excluding carboxylic acids is 3. The van der Waals surface area contributed by atoms with Crippen molar-refractivity contribution >= 4 is 52.7 Å². The van der Waals surface area contributed by atoms with Crippen LogP contribution in [0.4, 0.5) is 5.69 Å². The SMILES string of the molecule is COC(=O)C1=C(C)N(c2ccc(Cl)c(Cl)c2)C(=O)/C1=C\c1ccc(OCC(=O)NC[C@@H]2CCCO2)cc1. The molecule has 10 heteroatoms. The molecule has 37 heavy (non-hydrogen) atoms. The number of methoxy groups -OCH3 is 1. The number of halogens is 2. The van der Waals surface area contributed by atoms with Gasteiger partial charge in [-0.25, -0.2) is 4.79 Å². The molecule has 2 amide bonds. The van der Waals surface area contributed by atoms with Crippen LogP contribution in [-0.4, -0.2) is 50.8 Å². The Morgan fingerprint density at radius 2 is 1.92 bits per heavy atom. The Bertz CT molecular complexity index is 1270. The number of hydrogen-bond donors (Lipinski definition) is 1. The van der Waals surface area contributed by atoms with E-state index in [1.807, 2.05) is 0 Å². The van der Waals surface area contributed by atoms with Gasteiger partial charge in [-0.2, -0.15) is 0 Å². The van der Waals surface area contributed by atoms with Gasteiger partial charge in [0.05, 0.1) is 40.1 Å². The van der Waals surface area contributed by atoms with E-state index in [1.54, 1.807) is 55.5 Å². The fraction of sp³-hybridized carbons (Fsp3) is 0.296. The van der Waals surface area contributed by atoms with Crippen molar-refractivity contribution in [2.75, 3.05) is 31.8 Å². The second-order valence-corrected chi connectivity index (χ2v) is 9.36. The van der Waals surface area contributed by atoms with Crippen LogP contribution < -0.4 is 15.0 Å². The monoisotopic (exact) mass is 544 g/mol. The first-order valence-corrected chi connectivity index (χ1v) is 12.5. The van der Waals surface area contributed by atoms with Crippen molar-refractivity contribution in [3.05, 3.63) is 74.9 Å². The summed E-state index contributed by atoms with van der Waals surface area (Å²) in [4.78, 5) is 39.4. The summed E-state index contributed by atoms with van der Waals surface area (Å²) in [5.74, 6) is -0.776. The highest BCUT2D eigenvalue weighted by Crippen LogP contribution is 2.37. The normalized spacial score (nSPS) is 18.5. The number of allylic oxidation sites excluding steroid dienone is 1. The maximum Gasteiger partial charge on any atom is 0.340 e. The number of esters is 1. The molecule has 4 rings (SSSR count). The lowest BCUT2D eigenvalue weighted by atomic mass is 10.0. The summed E-state index contributed by atoms with van der Waals surface area (Å²) in [5.41, 5.74) is 1.88. The highest BCUT2D eigenvalue weighted by atomic mass is 35.5. The Balaban J connectivity index is 1.48. The van der Waals surface area contributed by atoms with E-state index < -0.39 is 11.9 Å². The van der Waals surface area contributed by atoms with Gasteiger partial charge in [-0.3, -0.25) is 14.5 Å². The summed E-state index contributed by atoms with van der Waals surface area (Å²) >= 11 is 12.2. The average molecular weight is 545 g/mol. The van der Waals surface area contributed by atoms with E-state index in [4.69, 9.17) is 37.4 Å². The van der Waals surface area contributed by atoms with E-state index in [0.29, 0.717) is 34.3 Å². The number of carbonyl (C=O) groups is 3. The molecule has 1 fully saturated rings. The molecule has 2 aromatic rings. The number of nitrogens with zero attached hydrogens (tertiary/aromatic N) is 1. The Labute approximate surface area is 224 Å². The molecule has 0 aliphatic carbocycles. The molecule has 0 unspecified atom stereocenters. The fourth-order valence-electron chi connectivity index (χ4n) is 4.17. The fourth-order valence-corrected chi connectivity index (χ4v) is 4.47. The molecule has 0 bridgehead atoms. The number of amides is 2. The van der Waals surface area contributed by atoms with Gasteiger partial charge in [-0.1, -0.05) is 35.3 Å². The molecule has 2 aliphatic heterocycles. The summed E-state index contributed by atoms with van der Waals surface area (Å²) in [6.07, 6.45) is 3.62. The van der Waals surface area contributed by atoms with Crippen molar-refractivity contribution in [1.29, 1.82) is 0 Å². The van der Waals surface area contributed by atoms with E-state index in [-0.39, 0.29) is 34.8 Å². The molecule has 0 radical (unpaired) electrons. The molecule has 8 nitrogen and oxygen atoms in total. The van der Waals surface area contributed by atoms with Crippen LogP contribution in [0.2, 0.25) is 10.0 Å². The smallest absolute Gasteiger partial charge is 0.340 e. The highest BCUT2D eigenvalue weighted by Gasteiger charge is 2.38. The minimum atomic E-state index is -0.631. The van der Waals surface area contributed by atoms with Gasteiger partial charge in [0, 0.05) is 18.8 Å². The van der Waals surface area contributed by atoms with Crippen LogP contribution in [0.3, 0.4) is 0 Å². The van der Waals surface area contributed by atoms with Gasteiger partial charge in [0.2, 0.25) is 0 Å². The van der Waals surface area contributed by atoms with E-state index in [0.717, 1.165) is 19.4 Å². The Kier molecular flexibility index (Phi) is 8.53. The van der Waals surface area contributed by atoms with Crippen molar-refractivity contribution in [3.63, 3.8) is 0 Å². The maximum atomic E-state index is 13.4. The molecule has 2 heterocycles. The molecular weight excluding hydrogens is 519 g/mol. The van der Waals surface area contributed by atoms with Crippen LogP contribution in [0.5, 0.6) is 5.75 Å². The molecule has 2 aliphatic rings. The summed E-state index contributed by atoms with van der Waals surface area (Å²) in [6, 6.07) is 11.6. The van der Waals surface area contributed by atoms with Crippen LogP contribution >= 0.6 is 23.2 Å². The van der Waals surface area contributed by atoms with Gasteiger partial charge in [-0.15, -0.1) is 0 Å². The molecule has 0 spiro atoms. The van der Waals surface area contributed by atoms with Crippen LogP contribution in [-0.2, 0) is 23.9 Å². The lowest BCUT2D eigenvalue weighted by molar-refractivity contribution is -0.136. The lowest BCUT2D eigenvalue weighted by Gasteiger charge is -2.18. The third-order valence-electron chi connectivity index (χ3n) is 6.06. The minimum Gasteiger partial charge on any atom is -0.484 e. The zero-order valence-electron chi connectivity index (χ0n) is 20.4. The predicted molar refractivity (Wildman–Crippen MR) is 141 cm³/mol. The molecule has 0 aromatic heterocycles. The van der Waals surface area contributed by atoms with Crippen molar-refractivity contribution in [3.8, 4) is 5.75 Å². The van der Waals surface area contributed by atoms with Crippen LogP contribution in [0.25, 0.3) is 6.08 Å². The Morgan fingerprint density at radius 3 is 2.57 bits per heavy atom. The molecule has 2 aromatic carbocycles. The quantitative estimate of drug-likeness (QED) is 0.387. The van der Waals surface area contributed by atoms with Crippen LogP contribution in [0.15, 0.2) is 59.3 Å². The van der Waals surface area contributed by atoms with Gasteiger partial charge in [0.1, 0.15) is 5.75 Å². The second-order valence-electron chi connectivity index (χ2n) is 8.55. The maximum absolute atomic E-state index is 13.4. The molecule has 1 N–H and O–H groups in total. The predicted octanol–water partition coefficient (Wildman–Crippen LogP) is 4.54. The van der Waals surface area contributed by atoms with Crippen LogP contribution in [0, 0.1) is 0 Å². The number of hydrogen-bond acceptors (Lipinski definition) is 6. The van der Waals surface area contributed by atoms with Gasteiger partial charge in [0.15, 0.2) is 6.61 Å². The summed E-state index contributed by atoms with van der Waals surface area (Å²) in [6.45, 7) is 2.74. The summed E-state index contributed by atoms with van der Waals surface area (Å²) < 4.78 is 16.0. The van der Waals surface area contributed by atoms with Crippen molar-refractivity contribution < 1.29 is 28.6 Å². The van der Waals surface area contributed by atoms with Crippen molar-refractivity contribution in [2.24, 2.45) is 0 Å². The topological polar surface area (TPSA) is 94.2 Å². The Hall–Kier alpha value is -3.33. The largest absolute Gasteiger partial charge is 0.484 e. The minimum absolute atomic E-state index is 0.0646. The second kappa shape index (κ2) is 11.8. The summed E-state index contributed by atoms with van der Waals surface area (Å²) in [7, 11) is 1.26. The standard InChI is InChI=1S/C27H26Cl2N2O6/c1-16-25(27(34)35-2)21(26(33)31(16)18-7-10-22(28)23(29)13-18)12-17-5-8-19(9-6-17)37-15-24(32)30-14-20-4-3-11-36-20/h5-10,12-13,20H,3-4,11,14-15H2,1-2H3,(H,30,32)/b21-12-/t20-/m0/s1. The number of benzene rings is 2. The van der Waals surface area contributed by atoms with Crippen molar-refractivity contribution in [2.45, 2.75) is 25.9 Å². The molecule has 0 saturated carbocycles. The Morgan fingerprint density at radius 1 is 1.16 bits per heavy atom. The number of rotatable bonds is 8. The number of ether oxygens (including phenoxy) is 3. The average Bonchev–Trinajstić information content (AvgIpc) is 3.50. The van der Waals surface area contributed by atoms with E-state index >= 15 is 0 Å². The van der Waals surface area contributed by atoms with E-state index in [2.05, 4.69) is 5.32 Å². The van der Waals surface area contributed by atoms with E-state index in [9.17, 15) is 14.4 Å². The number of nitrogens with one attached hydrogen (secondary N) is 1.